The number of anilines is 2. The summed E-state index contributed by atoms with van der Waals surface area (Å²) in [6, 6.07) is 20.2. The molecule has 0 spiro atoms. The first-order valence-electron chi connectivity index (χ1n) is 11.3. The van der Waals surface area contributed by atoms with Crippen LogP contribution in [0.25, 0.3) is 5.70 Å². The zero-order valence-electron chi connectivity index (χ0n) is 19.2. The molecule has 170 valence electrons. The zero-order valence-corrected chi connectivity index (χ0v) is 19.2. The molecule has 0 bridgehead atoms. The molecule has 3 heterocycles. The molecule has 2 aromatic heterocycles. The van der Waals surface area contributed by atoms with Gasteiger partial charge >= 0.3 is 0 Å². The van der Waals surface area contributed by atoms with Crippen molar-refractivity contribution >= 4 is 17.3 Å². The molecular weight excluding hydrogens is 408 g/mol. The van der Waals surface area contributed by atoms with Crippen LogP contribution in [0.5, 0.6) is 0 Å². The second kappa shape index (κ2) is 9.88. The summed E-state index contributed by atoms with van der Waals surface area (Å²) in [4.78, 5) is 11.6. The maximum atomic E-state index is 6.02. The van der Waals surface area contributed by atoms with E-state index in [9.17, 15) is 0 Å². The van der Waals surface area contributed by atoms with E-state index < -0.39 is 0 Å². The molecule has 4 N–H and O–H groups in total. The minimum Gasteiger partial charge on any atom is -0.380 e. The molecule has 1 atom stereocenters. The van der Waals surface area contributed by atoms with E-state index >= 15 is 0 Å². The largest absolute Gasteiger partial charge is 0.380 e. The summed E-state index contributed by atoms with van der Waals surface area (Å²) in [5.74, 6) is 2.37. The molecule has 0 fully saturated rings. The van der Waals surface area contributed by atoms with Gasteiger partial charge in [0.2, 0.25) is 0 Å². The highest BCUT2D eigenvalue weighted by molar-refractivity contribution is 5.66. The second-order valence-electron chi connectivity index (χ2n) is 8.65. The number of pyridine rings is 2. The standard InChI is InChI=1S/C27H32N6/c1-20(30-19-22-9-5-4-6-10-22)24-13-12-23-14-15-27(3,16-17-28)33(26(23)32-24)21(2)31-25-11-7-8-18-29-25/h4-13,18,30H,1-2,14-17,19,28H2,3H3,(H,29,31)/t27-/m1/s1. The summed E-state index contributed by atoms with van der Waals surface area (Å²) in [6.07, 6.45) is 4.50. The van der Waals surface area contributed by atoms with Gasteiger partial charge in [0.1, 0.15) is 17.5 Å². The van der Waals surface area contributed by atoms with Crippen LogP contribution in [0.2, 0.25) is 0 Å². The molecule has 3 aromatic rings. The minimum absolute atomic E-state index is 0.203. The van der Waals surface area contributed by atoms with Crippen LogP contribution < -0.4 is 21.3 Å². The van der Waals surface area contributed by atoms with Crippen molar-refractivity contribution in [3.05, 3.63) is 103 Å². The highest BCUT2D eigenvalue weighted by Crippen LogP contribution is 2.40. The van der Waals surface area contributed by atoms with Gasteiger partial charge in [-0.3, -0.25) is 0 Å². The molecule has 4 rings (SSSR count). The van der Waals surface area contributed by atoms with Gasteiger partial charge in [-0.15, -0.1) is 0 Å². The molecular formula is C27H32N6. The van der Waals surface area contributed by atoms with Gasteiger partial charge in [0.15, 0.2) is 0 Å². The zero-order chi connectivity index (χ0) is 23.3. The van der Waals surface area contributed by atoms with E-state index in [-0.39, 0.29) is 5.54 Å². The Morgan fingerprint density at radius 3 is 2.61 bits per heavy atom. The van der Waals surface area contributed by atoms with Gasteiger partial charge in [-0.2, -0.15) is 0 Å². The first kappa shape index (κ1) is 22.6. The average Bonchev–Trinajstić information content (AvgIpc) is 2.83. The monoisotopic (exact) mass is 440 g/mol. The smallest absolute Gasteiger partial charge is 0.138 e. The fourth-order valence-corrected chi connectivity index (χ4v) is 4.34. The third-order valence-electron chi connectivity index (χ3n) is 6.19. The summed E-state index contributed by atoms with van der Waals surface area (Å²) in [6.45, 7) is 12.1. The topological polar surface area (TPSA) is 79.1 Å². The maximum absolute atomic E-state index is 6.02. The van der Waals surface area contributed by atoms with Crippen LogP contribution in [0.15, 0.2) is 85.8 Å². The number of fused-ring (bicyclic) bond motifs is 1. The molecule has 6 nitrogen and oxygen atoms in total. The number of hydrogen-bond acceptors (Lipinski definition) is 6. The Hall–Kier alpha value is -3.64. The number of aryl methyl sites for hydroxylation is 1. The van der Waals surface area contributed by atoms with Crippen molar-refractivity contribution in [3.8, 4) is 0 Å². The highest BCUT2D eigenvalue weighted by Gasteiger charge is 2.39. The van der Waals surface area contributed by atoms with Gasteiger partial charge < -0.3 is 21.3 Å². The number of nitrogens with zero attached hydrogens (tertiary/aromatic N) is 3. The van der Waals surface area contributed by atoms with Crippen molar-refractivity contribution in [1.29, 1.82) is 0 Å². The summed E-state index contributed by atoms with van der Waals surface area (Å²) < 4.78 is 0. The van der Waals surface area contributed by atoms with Crippen LogP contribution in [0.4, 0.5) is 11.6 Å². The molecule has 1 aliphatic rings. The quantitative estimate of drug-likeness (QED) is 0.448. The number of nitrogens with one attached hydrogen (secondary N) is 2. The Bertz CT molecular complexity index is 1110. The molecule has 6 heteroatoms. The average molecular weight is 441 g/mol. The van der Waals surface area contributed by atoms with E-state index in [1.807, 2.05) is 42.5 Å². The minimum atomic E-state index is -0.203. The lowest BCUT2D eigenvalue weighted by Gasteiger charge is -2.47. The number of nitrogens with two attached hydrogens (primary N) is 1. The number of aromatic nitrogens is 2. The number of rotatable bonds is 9. The summed E-state index contributed by atoms with van der Waals surface area (Å²) in [5, 5.41) is 6.77. The third kappa shape index (κ3) is 5.07. The normalized spacial score (nSPS) is 17.2. The molecule has 0 aliphatic carbocycles. The van der Waals surface area contributed by atoms with Crippen LogP contribution in [0, 0.1) is 0 Å². The predicted octanol–water partition coefficient (Wildman–Crippen LogP) is 4.68. The van der Waals surface area contributed by atoms with E-state index in [1.54, 1.807) is 6.20 Å². The Balaban J connectivity index is 1.62. The number of benzene rings is 1. The second-order valence-corrected chi connectivity index (χ2v) is 8.65. The lowest BCUT2D eigenvalue weighted by molar-refractivity contribution is 0.372. The van der Waals surface area contributed by atoms with Crippen LogP contribution in [-0.2, 0) is 13.0 Å². The molecule has 33 heavy (non-hydrogen) atoms. The van der Waals surface area contributed by atoms with E-state index in [2.05, 4.69) is 58.8 Å². The van der Waals surface area contributed by atoms with Crippen LogP contribution in [0.1, 0.15) is 36.6 Å². The number of hydrogen-bond donors (Lipinski definition) is 3. The van der Waals surface area contributed by atoms with Gasteiger partial charge in [0, 0.05) is 18.3 Å². The van der Waals surface area contributed by atoms with E-state index in [0.717, 1.165) is 48.1 Å². The molecule has 0 saturated carbocycles. The van der Waals surface area contributed by atoms with Crippen LogP contribution in [0.3, 0.4) is 0 Å². The molecule has 0 saturated heterocycles. The lowest BCUT2D eigenvalue weighted by Crippen LogP contribution is -2.52. The fraction of sp³-hybridized carbons (Fsp3) is 0.259. The Morgan fingerprint density at radius 1 is 1.09 bits per heavy atom. The van der Waals surface area contributed by atoms with Gasteiger partial charge in [-0.05, 0) is 62.1 Å². The summed E-state index contributed by atoms with van der Waals surface area (Å²) >= 11 is 0. The van der Waals surface area contributed by atoms with E-state index in [4.69, 9.17) is 10.7 Å². The van der Waals surface area contributed by atoms with E-state index in [1.165, 1.54) is 11.1 Å². The molecule has 1 aromatic carbocycles. The lowest BCUT2D eigenvalue weighted by atomic mass is 9.84. The summed E-state index contributed by atoms with van der Waals surface area (Å²) in [7, 11) is 0. The predicted molar refractivity (Wildman–Crippen MR) is 136 cm³/mol. The maximum Gasteiger partial charge on any atom is 0.138 e. The van der Waals surface area contributed by atoms with Gasteiger partial charge in [0.05, 0.1) is 11.4 Å². The first-order chi connectivity index (χ1) is 16.0. The SMILES string of the molecule is C=C(NCc1ccccc1)c1ccc2c(n1)N(C(=C)Nc1ccccn1)[C@@](C)(CCN)CC2. The Morgan fingerprint density at radius 2 is 1.88 bits per heavy atom. The van der Waals surface area contributed by atoms with Gasteiger partial charge in [-0.25, -0.2) is 9.97 Å². The van der Waals surface area contributed by atoms with Crippen LogP contribution >= 0.6 is 0 Å². The van der Waals surface area contributed by atoms with Crippen molar-refractivity contribution in [2.75, 3.05) is 16.8 Å². The highest BCUT2D eigenvalue weighted by atomic mass is 15.3. The Kier molecular flexibility index (Phi) is 6.75. The van der Waals surface area contributed by atoms with Crippen LogP contribution in [-0.4, -0.2) is 22.1 Å². The van der Waals surface area contributed by atoms with Crippen molar-refractivity contribution in [3.63, 3.8) is 0 Å². The van der Waals surface area contributed by atoms with E-state index in [0.29, 0.717) is 13.1 Å². The van der Waals surface area contributed by atoms with Crippen molar-refractivity contribution in [2.45, 2.75) is 38.3 Å². The third-order valence-corrected chi connectivity index (χ3v) is 6.19. The van der Waals surface area contributed by atoms with Crippen molar-refractivity contribution in [2.24, 2.45) is 5.73 Å². The molecule has 1 aliphatic heterocycles. The fourth-order valence-electron chi connectivity index (χ4n) is 4.34. The van der Waals surface area contributed by atoms with Gasteiger partial charge in [-0.1, -0.05) is 55.6 Å². The van der Waals surface area contributed by atoms with Gasteiger partial charge in [0.25, 0.3) is 0 Å². The summed E-state index contributed by atoms with van der Waals surface area (Å²) in [5.41, 5.74) is 9.80. The molecule has 0 unspecified atom stereocenters. The van der Waals surface area contributed by atoms with Crippen molar-refractivity contribution < 1.29 is 0 Å². The molecule has 0 amide bonds. The van der Waals surface area contributed by atoms with Crippen molar-refractivity contribution in [1.82, 2.24) is 15.3 Å². The molecule has 0 radical (unpaired) electrons. The first-order valence-corrected chi connectivity index (χ1v) is 11.3. The Labute approximate surface area is 196 Å².